The number of aromatic nitrogens is 2. The molecule has 0 amide bonds. The lowest BCUT2D eigenvalue weighted by molar-refractivity contribution is 0.424. The quantitative estimate of drug-likeness (QED) is 0.139. The molecule has 0 unspecified atom stereocenters. The zero-order valence-electron chi connectivity index (χ0n) is 24.3. The number of hydrogen-bond acceptors (Lipinski definition) is 7. The first-order valence-corrected chi connectivity index (χ1v) is 14.8. The number of rotatable bonds is 9. The number of pyridine rings is 1. The van der Waals surface area contributed by atoms with E-state index in [9.17, 15) is 20.1 Å². The van der Waals surface area contributed by atoms with Crippen molar-refractivity contribution < 1.29 is 20.1 Å². The predicted molar refractivity (Wildman–Crippen MR) is 183 cm³/mol. The molecule has 2 heterocycles. The standard InChI is InChI=1S/C35H30B2N4O4/c42-36(43)29-13-5-1-9-23(29)21-41(22-24-10-2-6-14-30(24)37(44)45)26-19-17-25(18-20-26)38-33-27-11-3-7-15-31(27)39-34-28-12-4-8-16-32(28)40-35(33)34/h1-20,40,42-45H,21-22H2,(H,38,39). The van der Waals surface area contributed by atoms with E-state index < -0.39 is 14.2 Å². The summed E-state index contributed by atoms with van der Waals surface area (Å²) in [5, 5.41) is 45.8. The molecule has 0 aliphatic heterocycles. The van der Waals surface area contributed by atoms with E-state index in [-0.39, 0.29) is 0 Å². The third-order valence-electron chi connectivity index (χ3n) is 8.23. The van der Waals surface area contributed by atoms with E-state index in [0.717, 1.165) is 61.0 Å². The summed E-state index contributed by atoms with van der Waals surface area (Å²) in [5.41, 5.74) is 8.79. The van der Waals surface area contributed by atoms with Gasteiger partial charge in [0.2, 0.25) is 0 Å². The molecule has 0 fully saturated rings. The molecular weight excluding hydrogens is 562 g/mol. The van der Waals surface area contributed by atoms with Crippen molar-refractivity contribution in [1.82, 2.24) is 9.97 Å². The maximum absolute atomic E-state index is 10.0. The van der Waals surface area contributed by atoms with Crippen molar-refractivity contribution in [2.45, 2.75) is 13.1 Å². The van der Waals surface area contributed by atoms with Gasteiger partial charge in [0.25, 0.3) is 0 Å². The van der Waals surface area contributed by atoms with Crippen molar-refractivity contribution in [2.24, 2.45) is 0 Å². The Labute approximate surface area is 260 Å². The summed E-state index contributed by atoms with van der Waals surface area (Å²) in [6.45, 7) is 0.724. The van der Waals surface area contributed by atoms with Crippen LogP contribution in [0.4, 0.5) is 17.1 Å². The first kappa shape index (κ1) is 28.6. The summed E-state index contributed by atoms with van der Waals surface area (Å²) >= 11 is 0. The number of fused-ring (bicyclic) bond motifs is 4. The molecule has 2 aromatic heterocycles. The molecule has 0 spiro atoms. The number of nitrogens with zero attached hydrogens (tertiary/aromatic N) is 2. The second kappa shape index (κ2) is 12.1. The highest BCUT2D eigenvalue weighted by Crippen LogP contribution is 2.36. The Hall–Kier alpha value is -5.12. The highest BCUT2D eigenvalue weighted by atomic mass is 16.4. The van der Waals surface area contributed by atoms with Crippen LogP contribution >= 0.6 is 0 Å². The fourth-order valence-corrected chi connectivity index (χ4v) is 6.00. The van der Waals surface area contributed by atoms with E-state index in [1.807, 2.05) is 78.9 Å². The Morgan fingerprint density at radius 1 is 0.622 bits per heavy atom. The van der Waals surface area contributed by atoms with E-state index in [0.29, 0.717) is 24.0 Å². The van der Waals surface area contributed by atoms with Crippen LogP contribution in [0.3, 0.4) is 0 Å². The van der Waals surface area contributed by atoms with Crippen LogP contribution < -0.4 is 21.1 Å². The van der Waals surface area contributed by atoms with Gasteiger partial charge in [0, 0.05) is 40.8 Å². The molecule has 10 heteroatoms. The van der Waals surface area contributed by atoms with Crippen LogP contribution in [0.2, 0.25) is 0 Å². The van der Waals surface area contributed by atoms with Crippen molar-refractivity contribution in [2.75, 3.05) is 10.2 Å². The number of para-hydroxylation sites is 2. The Morgan fingerprint density at radius 2 is 1.18 bits per heavy atom. The summed E-state index contributed by atoms with van der Waals surface area (Å²) in [6.07, 6.45) is 0. The minimum absolute atomic E-state index is 0.362. The molecule has 0 saturated heterocycles. The Balaban J connectivity index is 1.27. The second-order valence-electron chi connectivity index (χ2n) is 11.1. The third kappa shape index (κ3) is 5.63. The lowest BCUT2D eigenvalue weighted by Crippen LogP contribution is -2.38. The Morgan fingerprint density at radius 3 is 1.82 bits per heavy atom. The largest absolute Gasteiger partial charge is 0.488 e. The van der Waals surface area contributed by atoms with E-state index >= 15 is 0 Å². The van der Waals surface area contributed by atoms with Gasteiger partial charge in [0.15, 0.2) is 0 Å². The molecule has 0 aliphatic carbocycles. The molecular formula is C35H30B2N4O4. The van der Waals surface area contributed by atoms with Gasteiger partial charge in [-0.2, -0.15) is 0 Å². The SMILES string of the molecule is OB(O)c1ccccc1CN(Cc1ccccc1B(O)O)c1ccc(Nc2c3ccccc3nc3c2[nH]c2ccccc23)cc1. The van der Waals surface area contributed by atoms with Crippen molar-refractivity contribution in [3.63, 3.8) is 0 Å². The van der Waals surface area contributed by atoms with Crippen molar-refractivity contribution >= 4 is 75.1 Å². The van der Waals surface area contributed by atoms with Crippen molar-refractivity contribution in [3.05, 3.63) is 132 Å². The maximum atomic E-state index is 10.0. The van der Waals surface area contributed by atoms with Crippen LogP contribution in [-0.2, 0) is 13.1 Å². The number of anilines is 3. The molecule has 5 aromatic carbocycles. The molecule has 6 N–H and O–H groups in total. The minimum Gasteiger partial charge on any atom is -0.423 e. The highest BCUT2D eigenvalue weighted by Gasteiger charge is 2.21. The van der Waals surface area contributed by atoms with E-state index in [1.165, 1.54) is 0 Å². The highest BCUT2D eigenvalue weighted by molar-refractivity contribution is 6.59. The normalized spacial score (nSPS) is 11.3. The zero-order chi connectivity index (χ0) is 30.9. The maximum Gasteiger partial charge on any atom is 0.488 e. The van der Waals surface area contributed by atoms with Gasteiger partial charge in [0.05, 0.1) is 22.2 Å². The number of H-pyrrole nitrogens is 1. The topological polar surface area (TPSA) is 125 Å². The summed E-state index contributed by atoms with van der Waals surface area (Å²) in [6, 6.07) is 38.6. The summed E-state index contributed by atoms with van der Waals surface area (Å²) < 4.78 is 0. The first-order chi connectivity index (χ1) is 22.0. The molecule has 45 heavy (non-hydrogen) atoms. The predicted octanol–water partition coefficient (Wildman–Crippen LogP) is 4.18. The van der Waals surface area contributed by atoms with Gasteiger partial charge in [-0.1, -0.05) is 84.9 Å². The van der Waals surface area contributed by atoms with Crippen molar-refractivity contribution in [1.29, 1.82) is 0 Å². The van der Waals surface area contributed by atoms with E-state index in [1.54, 1.807) is 24.3 Å². The third-order valence-corrected chi connectivity index (χ3v) is 8.23. The molecule has 7 aromatic rings. The van der Waals surface area contributed by atoms with Crippen LogP contribution in [0.5, 0.6) is 0 Å². The van der Waals surface area contributed by atoms with E-state index in [2.05, 4.69) is 33.4 Å². The molecule has 0 aliphatic rings. The van der Waals surface area contributed by atoms with Crippen LogP contribution in [-0.4, -0.2) is 44.3 Å². The first-order valence-electron chi connectivity index (χ1n) is 14.8. The van der Waals surface area contributed by atoms with E-state index in [4.69, 9.17) is 4.98 Å². The number of benzene rings is 5. The van der Waals surface area contributed by atoms with Crippen LogP contribution in [0.25, 0.3) is 32.8 Å². The monoisotopic (exact) mass is 592 g/mol. The Kier molecular flexibility index (Phi) is 7.71. The van der Waals surface area contributed by atoms with Gasteiger partial charge < -0.3 is 35.3 Å². The van der Waals surface area contributed by atoms with Gasteiger partial charge in [-0.05, 0) is 58.5 Å². The molecule has 0 bridgehead atoms. The summed E-state index contributed by atoms with van der Waals surface area (Å²) in [4.78, 5) is 10.6. The van der Waals surface area contributed by atoms with Gasteiger partial charge >= 0.3 is 14.2 Å². The molecule has 7 rings (SSSR count). The van der Waals surface area contributed by atoms with Gasteiger partial charge in [-0.3, -0.25) is 0 Å². The van der Waals surface area contributed by atoms with Crippen LogP contribution in [0.1, 0.15) is 11.1 Å². The van der Waals surface area contributed by atoms with Crippen molar-refractivity contribution in [3.8, 4) is 0 Å². The van der Waals surface area contributed by atoms with Crippen LogP contribution in [0, 0.1) is 0 Å². The lowest BCUT2D eigenvalue weighted by Gasteiger charge is -2.27. The van der Waals surface area contributed by atoms with Gasteiger partial charge in [-0.25, -0.2) is 4.98 Å². The molecule has 8 nitrogen and oxygen atoms in total. The number of hydrogen-bond donors (Lipinski definition) is 6. The number of aromatic amines is 1. The van der Waals surface area contributed by atoms with Crippen LogP contribution in [0.15, 0.2) is 121 Å². The Bertz CT molecular complexity index is 2080. The average molecular weight is 592 g/mol. The molecule has 0 radical (unpaired) electrons. The summed E-state index contributed by atoms with van der Waals surface area (Å²) in [7, 11) is -3.23. The second-order valence-corrected chi connectivity index (χ2v) is 11.1. The lowest BCUT2D eigenvalue weighted by atomic mass is 9.76. The zero-order valence-corrected chi connectivity index (χ0v) is 24.3. The van der Waals surface area contributed by atoms with Gasteiger partial charge in [0.1, 0.15) is 0 Å². The smallest absolute Gasteiger partial charge is 0.423 e. The molecule has 0 atom stereocenters. The summed E-state index contributed by atoms with van der Waals surface area (Å²) in [5.74, 6) is 0. The number of nitrogens with one attached hydrogen (secondary N) is 2. The van der Waals surface area contributed by atoms with Gasteiger partial charge in [-0.15, -0.1) is 0 Å². The minimum atomic E-state index is -1.61. The molecule has 0 saturated carbocycles. The fourth-order valence-electron chi connectivity index (χ4n) is 6.00. The molecule has 220 valence electrons. The average Bonchev–Trinajstić information content (AvgIpc) is 3.43. The fraction of sp³-hybridized carbons (Fsp3) is 0.0571.